The van der Waals surface area contributed by atoms with Crippen molar-refractivity contribution in [3.05, 3.63) is 52.6 Å². The molecule has 2 aromatic heterocycles. The number of hydrogen-bond donors (Lipinski definition) is 1. The fourth-order valence-corrected chi connectivity index (χ4v) is 1.38. The van der Waals surface area contributed by atoms with Crippen LogP contribution in [0.25, 0.3) is 0 Å². The summed E-state index contributed by atoms with van der Waals surface area (Å²) in [6.07, 6.45) is 4.47. The second-order valence-electron chi connectivity index (χ2n) is 3.54. The number of carbonyl (C=O) groups is 1. The van der Waals surface area contributed by atoms with Crippen molar-refractivity contribution < 1.29 is 9.21 Å². The molecular formula is C11H11N3O3. The van der Waals surface area contributed by atoms with Crippen LogP contribution < -0.4 is 5.63 Å². The van der Waals surface area contributed by atoms with Gasteiger partial charge in [0.25, 0.3) is 5.91 Å². The van der Waals surface area contributed by atoms with Crippen molar-refractivity contribution in [2.75, 3.05) is 7.05 Å². The van der Waals surface area contributed by atoms with E-state index in [0.29, 0.717) is 17.9 Å². The monoisotopic (exact) mass is 233 g/mol. The Kier molecular flexibility index (Phi) is 3.04. The predicted molar refractivity (Wildman–Crippen MR) is 59.4 cm³/mol. The zero-order valence-corrected chi connectivity index (χ0v) is 9.21. The summed E-state index contributed by atoms with van der Waals surface area (Å²) in [6, 6.07) is 2.65. The van der Waals surface area contributed by atoms with Crippen LogP contribution in [0.3, 0.4) is 0 Å². The van der Waals surface area contributed by atoms with Crippen LogP contribution in [0, 0.1) is 0 Å². The Morgan fingerprint density at radius 2 is 2.35 bits per heavy atom. The number of rotatable bonds is 3. The average Bonchev–Trinajstić information content (AvgIpc) is 2.82. The van der Waals surface area contributed by atoms with Gasteiger partial charge in [0.15, 0.2) is 0 Å². The minimum absolute atomic E-state index is 0.231. The van der Waals surface area contributed by atoms with Crippen LogP contribution in [-0.4, -0.2) is 27.8 Å². The predicted octanol–water partition coefficient (Wildman–Crippen LogP) is 0.635. The van der Waals surface area contributed by atoms with E-state index in [9.17, 15) is 9.59 Å². The van der Waals surface area contributed by atoms with Crippen molar-refractivity contribution in [2.45, 2.75) is 6.54 Å². The molecule has 1 N–H and O–H groups in total. The van der Waals surface area contributed by atoms with Gasteiger partial charge in [0.1, 0.15) is 12.1 Å². The summed E-state index contributed by atoms with van der Waals surface area (Å²) in [5.74, 6) is 0.461. The maximum Gasteiger partial charge on any atom is 0.335 e. The standard InChI is InChI=1S/C11H11N3O3/c1-14(6-9-12-4-5-13-9)11(16)8-2-3-10(15)17-7-8/h2-5,7H,6H2,1H3,(H,12,13). The van der Waals surface area contributed by atoms with E-state index in [4.69, 9.17) is 0 Å². The van der Waals surface area contributed by atoms with E-state index in [-0.39, 0.29) is 5.91 Å². The van der Waals surface area contributed by atoms with Crippen molar-refractivity contribution in [1.82, 2.24) is 14.9 Å². The molecule has 0 aliphatic heterocycles. The van der Waals surface area contributed by atoms with Crippen LogP contribution in [-0.2, 0) is 6.54 Å². The molecule has 0 spiro atoms. The second kappa shape index (κ2) is 4.65. The summed E-state index contributed by atoms with van der Waals surface area (Å²) < 4.78 is 4.64. The SMILES string of the molecule is CN(Cc1ncc[nH]1)C(=O)c1ccc(=O)oc1. The Balaban J connectivity index is 2.09. The van der Waals surface area contributed by atoms with Crippen LogP contribution in [0.1, 0.15) is 16.2 Å². The minimum atomic E-state index is -0.477. The smallest absolute Gasteiger partial charge is 0.335 e. The average molecular weight is 233 g/mol. The van der Waals surface area contributed by atoms with Gasteiger partial charge in [-0.2, -0.15) is 0 Å². The molecule has 0 aliphatic rings. The second-order valence-corrected chi connectivity index (χ2v) is 3.54. The van der Waals surface area contributed by atoms with Gasteiger partial charge in [-0.05, 0) is 6.07 Å². The lowest BCUT2D eigenvalue weighted by atomic mass is 10.2. The highest BCUT2D eigenvalue weighted by atomic mass is 16.4. The molecule has 17 heavy (non-hydrogen) atoms. The molecule has 0 atom stereocenters. The van der Waals surface area contributed by atoms with Crippen molar-refractivity contribution >= 4 is 5.91 Å². The summed E-state index contributed by atoms with van der Waals surface area (Å²) in [4.78, 5) is 31.1. The molecule has 0 bridgehead atoms. The number of nitrogens with zero attached hydrogens (tertiary/aromatic N) is 2. The Labute approximate surface area is 96.9 Å². The molecule has 0 saturated heterocycles. The largest absolute Gasteiger partial charge is 0.430 e. The number of aromatic nitrogens is 2. The number of hydrogen-bond acceptors (Lipinski definition) is 4. The first-order chi connectivity index (χ1) is 8.16. The molecular weight excluding hydrogens is 222 g/mol. The third-order valence-electron chi connectivity index (χ3n) is 2.24. The molecule has 0 saturated carbocycles. The van der Waals surface area contributed by atoms with Gasteiger partial charge in [0.05, 0.1) is 12.1 Å². The van der Waals surface area contributed by atoms with Gasteiger partial charge in [-0.25, -0.2) is 9.78 Å². The normalized spacial score (nSPS) is 10.2. The molecule has 0 unspecified atom stereocenters. The molecule has 6 heteroatoms. The summed E-state index contributed by atoms with van der Waals surface area (Å²) in [5, 5.41) is 0. The Morgan fingerprint density at radius 3 is 2.94 bits per heavy atom. The van der Waals surface area contributed by atoms with Gasteiger partial charge in [-0.15, -0.1) is 0 Å². The van der Waals surface area contributed by atoms with Gasteiger partial charge in [-0.3, -0.25) is 4.79 Å². The number of aromatic amines is 1. The lowest BCUT2D eigenvalue weighted by molar-refractivity contribution is 0.0779. The van der Waals surface area contributed by atoms with Crippen molar-refractivity contribution in [2.24, 2.45) is 0 Å². The first kappa shape index (κ1) is 11.1. The van der Waals surface area contributed by atoms with E-state index < -0.39 is 5.63 Å². The van der Waals surface area contributed by atoms with E-state index in [2.05, 4.69) is 14.4 Å². The molecule has 2 heterocycles. The zero-order valence-electron chi connectivity index (χ0n) is 9.21. The lowest BCUT2D eigenvalue weighted by Crippen LogP contribution is -2.26. The number of carbonyl (C=O) groups excluding carboxylic acids is 1. The van der Waals surface area contributed by atoms with Gasteiger partial charge >= 0.3 is 5.63 Å². The Hall–Kier alpha value is -2.37. The van der Waals surface area contributed by atoms with Gasteiger partial charge in [0.2, 0.25) is 0 Å². The molecule has 0 radical (unpaired) electrons. The van der Waals surface area contributed by atoms with E-state index in [1.165, 1.54) is 17.0 Å². The van der Waals surface area contributed by atoms with Crippen LogP contribution >= 0.6 is 0 Å². The molecule has 6 nitrogen and oxygen atoms in total. The Morgan fingerprint density at radius 1 is 1.53 bits per heavy atom. The number of H-pyrrole nitrogens is 1. The summed E-state index contributed by atoms with van der Waals surface area (Å²) in [5.41, 5.74) is -0.145. The third kappa shape index (κ3) is 2.60. The summed E-state index contributed by atoms with van der Waals surface area (Å²) >= 11 is 0. The van der Waals surface area contributed by atoms with Crippen LogP contribution in [0.15, 0.2) is 40.0 Å². The highest BCUT2D eigenvalue weighted by molar-refractivity contribution is 5.93. The Bertz CT molecular complexity index is 539. The highest BCUT2D eigenvalue weighted by Crippen LogP contribution is 2.04. The van der Waals surface area contributed by atoms with Gasteiger partial charge in [0, 0.05) is 25.5 Å². The van der Waals surface area contributed by atoms with E-state index in [1.54, 1.807) is 19.4 Å². The van der Waals surface area contributed by atoms with Crippen molar-refractivity contribution in [3.63, 3.8) is 0 Å². The van der Waals surface area contributed by atoms with Crippen LogP contribution in [0.5, 0.6) is 0 Å². The molecule has 0 fully saturated rings. The first-order valence-corrected chi connectivity index (χ1v) is 4.99. The van der Waals surface area contributed by atoms with E-state index in [0.717, 1.165) is 6.26 Å². The zero-order chi connectivity index (χ0) is 12.3. The molecule has 0 aromatic carbocycles. The fourth-order valence-electron chi connectivity index (χ4n) is 1.38. The molecule has 1 amide bonds. The first-order valence-electron chi connectivity index (χ1n) is 4.99. The van der Waals surface area contributed by atoms with Crippen LogP contribution in [0.2, 0.25) is 0 Å². The van der Waals surface area contributed by atoms with Gasteiger partial charge in [-0.1, -0.05) is 0 Å². The molecule has 88 valence electrons. The van der Waals surface area contributed by atoms with Gasteiger partial charge < -0.3 is 14.3 Å². The summed E-state index contributed by atoms with van der Waals surface area (Å²) in [6.45, 7) is 0.366. The lowest BCUT2D eigenvalue weighted by Gasteiger charge is -2.14. The molecule has 0 aliphatic carbocycles. The maximum atomic E-state index is 11.9. The molecule has 2 rings (SSSR count). The summed E-state index contributed by atoms with van der Waals surface area (Å²) in [7, 11) is 1.65. The third-order valence-corrected chi connectivity index (χ3v) is 2.24. The van der Waals surface area contributed by atoms with Crippen molar-refractivity contribution in [1.29, 1.82) is 0 Å². The quantitative estimate of drug-likeness (QED) is 0.843. The van der Waals surface area contributed by atoms with E-state index in [1.807, 2.05) is 0 Å². The van der Waals surface area contributed by atoms with Crippen LogP contribution in [0.4, 0.5) is 0 Å². The minimum Gasteiger partial charge on any atom is -0.430 e. The highest BCUT2D eigenvalue weighted by Gasteiger charge is 2.13. The van der Waals surface area contributed by atoms with Crippen molar-refractivity contribution in [3.8, 4) is 0 Å². The molecule has 2 aromatic rings. The number of imidazole rings is 1. The number of nitrogens with one attached hydrogen (secondary N) is 1. The number of amides is 1. The fraction of sp³-hybridized carbons (Fsp3) is 0.182. The maximum absolute atomic E-state index is 11.9. The van der Waals surface area contributed by atoms with E-state index >= 15 is 0 Å². The topological polar surface area (TPSA) is 79.2 Å².